The van der Waals surface area contributed by atoms with E-state index in [0.717, 1.165) is 22.6 Å². The number of nitrogens with zero attached hydrogens (tertiary/aromatic N) is 3. The number of rotatable bonds is 2. The molecule has 1 N–H and O–H groups in total. The molecule has 4 heterocycles. The maximum Gasteiger partial charge on any atom is 0.137 e. The summed E-state index contributed by atoms with van der Waals surface area (Å²) in [6.45, 7) is 2.03. The number of nitrogens with one attached hydrogen (secondary N) is 1. The summed E-state index contributed by atoms with van der Waals surface area (Å²) in [7, 11) is 0. The molecular formula is C18H18N4O. The molecule has 2 atom stereocenters. The van der Waals surface area contributed by atoms with E-state index in [2.05, 4.69) is 15.3 Å². The van der Waals surface area contributed by atoms with Gasteiger partial charge in [0.15, 0.2) is 0 Å². The number of Topliss-reactive ketones (excluding diaryl/α,β-unsaturated/α-hetero) is 1. The second-order valence-electron chi connectivity index (χ2n) is 6.06. The smallest absolute Gasteiger partial charge is 0.137 e. The molecule has 1 fully saturated rings. The van der Waals surface area contributed by atoms with Gasteiger partial charge in [0, 0.05) is 31.4 Å². The summed E-state index contributed by atoms with van der Waals surface area (Å²) in [6.07, 6.45) is 6.71. The Labute approximate surface area is 134 Å². The first-order valence-electron chi connectivity index (χ1n) is 7.83. The molecule has 5 heteroatoms. The highest BCUT2D eigenvalue weighted by molar-refractivity contribution is 5.81. The molecule has 23 heavy (non-hydrogen) atoms. The third-order valence-corrected chi connectivity index (χ3v) is 4.39. The minimum Gasteiger partial charge on any atom is -0.307 e. The van der Waals surface area contributed by atoms with Gasteiger partial charge in [-0.05, 0) is 30.7 Å². The van der Waals surface area contributed by atoms with Crippen molar-refractivity contribution in [1.29, 1.82) is 0 Å². The first kappa shape index (κ1) is 14.1. The zero-order chi connectivity index (χ0) is 15.8. The van der Waals surface area contributed by atoms with Gasteiger partial charge in [-0.25, -0.2) is 4.98 Å². The molecule has 1 aliphatic heterocycles. The van der Waals surface area contributed by atoms with Crippen LogP contribution >= 0.6 is 0 Å². The van der Waals surface area contributed by atoms with Crippen molar-refractivity contribution in [2.24, 2.45) is 0 Å². The highest BCUT2D eigenvalue weighted by Crippen LogP contribution is 2.30. The minimum absolute atomic E-state index is 0.0488. The second kappa shape index (κ2) is 5.59. The predicted molar refractivity (Wildman–Crippen MR) is 87.0 cm³/mol. The Hall–Kier alpha value is -2.53. The molecule has 0 amide bonds. The van der Waals surface area contributed by atoms with E-state index >= 15 is 0 Å². The average molecular weight is 306 g/mol. The standard InChI is InChI=1S/C18H18N4O/c1-12-5-4-7-19-18(12)15-10-13(23)9-14(20-15)16-11-22-8-3-2-6-17(22)21-16/h2-8,11,14-15,20H,9-10H2,1H3/t14-,15-/m1/s1. The Kier molecular flexibility index (Phi) is 3.42. The molecule has 0 bridgehead atoms. The second-order valence-corrected chi connectivity index (χ2v) is 6.06. The van der Waals surface area contributed by atoms with Crippen LogP contribution < -0.4 is 5.32 Å². The number of hydrogen-bond donors (Lipinski definition) is 1. The van der Waals surface area contributed by atoms with Crippen LogP contribution in [0.1, 0.15) is 41.9 Å². The molecule has 3 aromatic rings. The van der Waals surface area contributed by atoms with Crippen molar-refractivity contribution >= 4 is 11.4 Å². The molecule has 4 rings (SSSR count). The van der Waals surface area contributed by atoms with Gasteiger partial charge in [0.05, 0.1) is 23.5 Å². The summed E-state index contributed by atoms with van der Waals surface area (Å²) in [4.78, 5) is 21.4. The van der Waals surface area contributed by atoms with Crippen LogP contribution in [-0.4, -0.2) is 20.2 Å². The molecule has 0 radical (unpaired) electrons. The third-order valence-electron chi connectivity index (χ3n) is 4.39. The van der Waals surface area contributed by atoms with E-state index in [0.29, 0.717) is 12.8 Å². The van der Waals surface area contributed by atoms with Crippen molar-refractivity contribution < 1.29 is 4.79 Å². The molecule has 0 saturated carbocycles. The Morgan fingerprint density at radius 3 is 2.87 bits per heavy atom. The lowest BCUT2D eigenvalue weighted by atomic mass is 9.92. The number of hydrogen-bond acceptors (Lipinski definition) is 4. The summed E-state index contributed by atoms with van der Waals surface area (Å²) < 4.78 is 1.98. The molecule has 0 unspecified atom stereocenters. The van der Waals surface area contributed by atoms with Gasteiger partial charge in [0.2, 0.25) is 0 Å². The van der Waals surface area contributed by atoms with E-state index in [9.17, 15) is 4.79 Å². The molecular weight excluding hydrogens is 288 g/mol. The monoisotopic (exact) mass is 306 g/mol. The molecule has 1 aliphatic rings. The van der Waals surface area contributed by atoms with Gasteiger partial charge in [-0.15, -0.1) is 0 Å². The van der Waals surface area contributed by atoms with E-state index in [4.69, 9.17) is 0 Å². The van der Waals surface area contributed by atoms with Gasteiger partial charge in [-0.1, -0.05) is 12.1 Å². The molecule has 1 saturated heterocycles. The number of carbonyl (C=O) groups excluding carboxylic acids is 1. The van der Waals surface area contributed by atoms with E-state index in [1.165, 1.54) is 0 Å². The zero-order valence-corrected chi connectivity index (χ0v) is 12.9. The lowest BCUT2D eigenvalue weighted by Gasteiger charge is -2.29. The SMILES string of the molecule is Cc1cccnc1[C@H]1CC(=O)C[C@H](c2cn3ccccc3n2)N1. The number of aryl methyl sites for hydroxylation is 1. The number of ketones is 1. The van der Waals surface area contributed by atoms with Gasteiger partial charge in [-0.3, -0.25) is 15.1 Å². The number of imidazole rings is 1. The highest BCUT2D eigenvalue weighted by Gasteiger charge is 2.31. The lowest BCUT2D eigenvalue weighted by molar-refractivity contribution is -0.121. The fraction of sp³-hybridized carbons (Fsp3) is 0.278. The van der Waals surface area contributed by atoms with Crippen molar-refractivity contribution in [1.82, 2.24) is 19.7 Å². The third kappa shape index (κ3) is 2.64. The van der Waals surface area contributed by atoms with Crippen LogP contribution in [0.3, 0.4) is 0 Å². The van der Waals surface area contributed by atoms with Crippen LogP contribution in [0.25, 0.3) is 5.65 Å². The number of fused-ring (bicyclic) bond motifs is 1. The number of carbonyl (C=O) groups is 1. The predicted octanol–water partition coefficient (Wildman–Crippen LogP) is 2.77. The van der Waals surface area contributed by atoms with Gasteiger partial charge < -0.3 is 4.40 Å². The quantitative estimate of drug-likeness (QED) is 0.791. The molecule has 3 aromatic heterocycles. The van der Waals surface area contributed by atoms with Gasteiger partial charge in [0.1, 0.15) is 11.4 Å². The molecule has 0 aliphatic carbocycles. The van der Waals surface area contributed by atoms with Crippen molar-refractivity contribution in [3.63, 3.8) is 0 Å². The van der Waals surface area contributed by atoms with E-state index < -0.39 is 0 Å². The fourth-order valence-corrected chi connectivity index (χ4v) is 3.25. The van der Waals surface area contributed by atoms with Crippen molar-refractivity contribution in [3.05, 3.63) is 65.9 Å². The van der Waals surface area contributed by atoms with Gasteiger partial charge in [0.25, 0.3) is 0 Å². The first-order chi connectivity index (χ1) is 11.2. The molecule has 116 valence electrons. The lowest BCUT2D eigenvalue weighted by Crippen LogP contribution is -2.36. The fourth-order valence-electron chi connectivity index (χ4n) is 3.25. The summed E-state index contributed by atoms with van der Waals surface area (Å²) in [5.74, 6) is 0.251. The summed E-state index contributed by atoms with van der Waals surface area (Å²) in [6, 6.07) is 9.74. The van der Waals surface area contributed by atoms with Crippen molar-refractivity contribution in [2.45, 2.75) is 31.8 Å². The number of piperidine rings is 1. The molecule has 0 spiro atoms. The topological polar surface area (TPSA) is 59.3 Å². The van der Waals surface area contributed by atoms with Crippen LogP contribution in [0, 0.1) is 6.92 Å². The Morgan fingerprint density at radius 1 is 1.17 bits per heavy atom. The maximum atomic E-state index is 12.3. The van der Waals surface area contributed by atoms with Crippen molar-refractivity contribution in [2.75, 3.05) is 0 Å². The molecule has 0 aromatic carbocycles. The average Bonchev–Trinajstić information content (AvgIpc) is 2.99. The van der Waals surface area contributed by atoms with Gasteiger partial charge >= 0.3 is 0 Å². The van der Waals surface area contributed by atoms with E-state index in [1.807, 2.05) is 54.0 Å². The van der Waals surface area contributed by atoms with Crippen LogP contribution in [0.4, 0.5) is 0 Å². The van der Waals surface area contributed by atoms with Crippen LogP contribution in [-0.2, 0) is 4.79 Å². The first-order valence-corrected chi connectivity index (χ1v) is 7.83. The van der Waals surface area contributed by atoms with Crippen LogP contribution in [0.5, 0.6) is 0 Å². The Morgan fingerprint density at radius 2 is 2.04 bits per heavy atom. The number of pyridine rings is 2. The Balaban J connectivity index is 1.67. The summed E-state index contributed by atoms with van der Waals surface area (Å²) >= 11 is 0. The van der Waals surface area contributed by atoms with Crippen LogP contribution in [0.15, 0.2) is 48.9 Å². The highest BCUT2D eigenvalue weighted by atomic mass is 16.1. The Bertz CT molecular complexity index is 837. The summed E-state index contributed by atoms with van der Waals surface area (Å²) in [5, 5.41) is 3.56. The zero-order valence-electron chi connectivity index (χ0n) is 12.9. The largest absolute Gasteiger partial charge is 0.307 e. The maximum absolute atomic E-state index is 12.3. The van der Waals surface area contributed by atoms with E-state index in [1.54, 1.807) is 6.20 Å². The van der Waals surface area contributed by atoms with Crippen molar-refractivity contribution in [3.8, 4) is 0 Å². The van der Waals surface area contributed by atoms with Gasteiger partial charge in [-0.2, -0.15) is 0 Å². The minimum atomic E-state index is -0.0671. The van der Waals surface area contributed by atoms with Crippen LogP contribution in [0.2, 0.25) is 0 Å². The summed E-state index contributed by atoms with van der Waals surface area (Å²) in [5.41, 5.74) is 3.86. The molecule has 5 nitrogen and oxygen atoms in total. The van der Waals surface area contributed by atoms with E-state index in [-0.39, 0.29) is 17.9 Å². The normalized spacial score (nSPS) is 21.7. The number of aromatic nitrogens is 3.